The fraction of sp³-hybridized carbons (Fsp3) is 0.188. The van der Waals surface area contributed by atoms with Crippen molar-refractivity contribution in [3.63, 3.8) is 0 Å². The van der Waals surface area contributed by atoms with Gasteiger partial charge < -0.3 is 9.47 Å². The van der Waals surface area contributed by atoms with Crippen molar-refractivity contribution in [2.45, 2.75) is 12.3 Å². The van der Waals surface area contributed by atoms with Crippen LogP contribution in [0.3, 0.4) is 0 Å². The molecular weight excluding hydrogens is 274 g/mol. The first kappa shape index (κ1) is 12.8. The average molecular weight is 286 g/mol. The minimum atomic E-state index is -0.260. The Bertz CT molecular complexity index is 678. The molecule has 0 saturated carbocycles. The van der Waals surface area contributed by atoms with E-state index in [0.29, 0.717) is 17.2 Å². The second-order valence-corrected chi connectivity index (χ2v) is 5.00. The topological polar surface area (TPSA) is 42.2 Å². The fourth-order valence-electron chi connectivity index (χ4n) is 2.25. The quantitative estimate of drug-likeness (QED) is 0.858. The summed E-state index contributed by atoms with van der Waals surface area (Å²) < 4.78 is 10.6. The summed E-state index contributed by atoms with van der Waals surface area (Å²) in [5, 5.41) is 10.1. The molecule has 1 aliphatic heterocycles. The first-order valence-corrected chi connectivity index (χ1v) is 6.68. The van der Waals surface area contributed by atoms with Crippen LogP contribution in [-0.4, -0.2) is 6.79 Å². The van der Waals surface area contributed by atoms with Gasteiger partial charge in [-0.05, 0) is 35.7 Å². The second-order valence-electron chi connectivity index (χ2n) is 4.59. The first-order valence-electron chi connectivity index (χ1n) is 6.30. The molecule has 4 heteroatoms. The van der Waals surface area contributed by atoms with Crippen molar-refractivity contribution in [3.05, 3.63) is 58.6 Å². The van der Waals surface area contributed by atoms with E-state index < -0.39 is 0 Å². The Labute approximate surface area is 122 Å². The van der Waals surface area contributed by atoms with E-state index in [1.54, 1.807) is 0 Å². The number of ether oxygens (including phenoxy) is 2. The highest BCUT2D eigenvalue weighted by atomic mass is 35.5. The summed E-state index contributed by atoms with van der Waals surface area (Å²) in [6.07, 6.45) is 0.579. The maximum Gasteiger partial charge on any atom is 0.231 e. The van der Waals surface area contributed by atoms with Crippen LogP contribution in [0.5, 0.6) is 11.5 Å². The molecule has 0 fully saturated rings. The van der Waals surface area contributed by atoms with Gasteiger partial charge in [0.15, 0.2) is 11.5 Å². The summed E-state index contributed by atoms with van der Waals surface area (Å²) in [6.45, 7) is 0.237. The molecular formula is C16H12ClNO2. The second kappa shape index (κ2) is 5.44. The van der Waals surface area contributed by atoms with Gasteiger partial charge in [-0.3, -0.25) is 0 Å². The van der Waals surface area contributed by atoms with E-state index in [9.17, 15) is 5.26 Å². The first-order chi connectivity index (χ1) is 9.78. The Morgan fingerprint density at radius 3 is 2.75 bits per heavy atom. The van der Waals surface area contributed by atoms with Crippen molar-refractivity contribution in [3.8, 4) is 17.6 Å². The van der Waals surface area contributed by atoms with Crippen LogP contribution in [0.2, 0.25) is 5.02 Å². The molecule has 0 aromatic heterocycles. The maximum atomic E-state index is 9.42. The SMILES string of the molecule is N#CC(Cc1ccccc1Cl)c1ccc2c(c1)OCO2. The van der Waals surface area contributed by atoms with Gasteiger partial charge in [0.2, 0.25) is 6.79 Å². The number of benzene rings is 2. The van der Waals surface area contributed by atoms with Gasteiger partial charge in [-0.1, -0.05) is 35.9 Å². The molecule has 20 heavy (non-hydrogen) atoms. The van der Waals surface area contributed by atoms with Gasteiger partial charge in [0.05, 0.1) is 12.0 Å². The molecule has 0 amide bonds. The third-order valence-electron chi connectivity index (χ3n) is 3.34. The number of rotatable bonds is 3. The Hall–Kier alpha value is -2.18. The maximum absolute atomic E-state index is 9.42. The van der Waals surface area contributed by atoms with Crippen molar-refractivity contribution in [2.24, 2.45) is 0 Å². The molecule has 3 nitrogen and oxygen atoms in total. The predicted octanol–water partition coefficient (Wildman–Crippen LogP) is 3.92. The Balaban J connectivity index is 1.87. The zero-order chi connectivity index (χ0) is 13.9. The van der Waals surface area contributed by atoms with E-state index in [0.717, 1.165) is 16.9 Å². The number of nitrogens with zero attached hydrogens (tertiary/aromatic N) is 1. The van der Waals surface area contributed by atoms with Crippen LogP contribution in [0.25, 0.3) is 0 Å². The van der Waals surface area contributed by atoms with E-state index >= 15 is 0 Å². The predicted molar refractivity (Wildman–Crippen MR) is 76.1 cm³/mol. The molecule has 0 N–H and O–H groups in total. The number of hydrogen-bond donors (Lipinski definition) is 0. The molecule has 0 saturated heterocycles. The molecule has 1 atom stereocenters. The summed E-state index contributed by atoms with van der Waals surface area (Å²) in [5.41, 5.74) is 1.88. The van der Waals surface area contributed by atoms with Gasteiger partial charge in [0, 0.05) is 5.02 Å². The average Bonchev–Trinajstić information content (AvgIpc) is 2.94. The summed E-state index contributed by atoms with van der Waals surface area (Å²) in [5.74, 6) is 1.16. The summed E-state index contributed by atoms with van der Waals surface area (Å²) in [7, 11) is 0. The van der Waals surface area contributed by atoms with Crippen molar-refractivity contribution in [1.82, 2.24) is 0 Å². The van der Waals surface area contributed by atoms with Crippen LogP contribution >= 0.6 is 11.6 Å². The van der Waals surface area contributed by atoms with E-state index in [1.807, 2.05) is 42.5 Å². The van der Waals surface area contributed by atoms with Crippen molar-refractivity contribution in [2.75, 3.05) is 6.79 Å². The van der Waals surface area contributed by atoms with Crippen LogP contribution in [0, 0.1) is 11.3 Å². The van der Waals surface area contributed by atoms with Gasteiger partial charge in [-0.15, -0.1) is 0 Å². The summed E-state index contributed by atoms with van der Waals surface area (Å²) in [4.78, 5) is 0. The van der Waals surface area contributed by atoms with E-state index in [1.165, 1.54) is 0 Å². The standard InChI is InChI=1S/C16H12ClNO2/c17-14-4-2-1-3-12(14)7-13(9-18)11-5-6-15-16(8-11)20-10-19-15/h1-6,8,13H,7,10H2. The molecule has 2 aromatic rings. The minimum Gasteiger partial charge on any atom is -0.454 e. The highest BCUT2D eigenvalue weighted by Crippen LogP contribution is 2.35. The summed E-state index contributed by atoms with van der Waals surface area (Å²) in [6, 6.07) is 15.5. The smallest absolute Gasteiger partial charge is 0.231 e. The molecule has 0 radical (unpaired) electrons. The molecule has 1 unspecified atom stereocenters. The molecule has 0 bridgehead atoms. The van der Waals surface area contributed by atoms with Crippen LogP contribution < -0.4 is 9.47 Å². The van der Waals surface area contributed by atoms with Crippen LogP contribution in [0.1, 0.15) is 17.0 Å². The van der Waals surface area contributed by atoms with Gasteiger partial charge in [-0.25, -0.2) is 0 Å². The molecule has 100 valence electrons. The lowest BCUT2D eigenvalue weighted by Crippen LogP contribution is -2.01. The Morgan fingerprint density at radius 2 is 1.95 bits per heavy atom. The van der Waals surface area contributed by atoms with Crippen LogP contribution in [0.15, 0.2) is 42.5 Å². The molecule has 0 spiro atoms. The lowest BCUT2D eigenvalue weighted by atomic mass is 9.93. The molecule has 1 heterocycles. The van der Waals surface area contributed by atoms with Crippen LogP contribution in [0.4, 0.5) is 0 Å². The monoisotopic (exact) mass is 285 g/mol. The van der Waals surface area contributed by atoms with Crippen LogP contribution in [-0.2, 0) is 6.42 Å². The molecule has 3 rings (SSSR count). The molecule has 0 aliphatic carbocycles. The van der Waals surface area contributed by atoms with Crippen molar-refractivity contribution in [1.29, 1.82) is 5.26 Å². The number of nitriles is 1. The zero-order valence-electron chi connectivity index (χ0n) is 10.7. The van der Waals surface area contributed by atoms with Crippen molar-refractivity contribution < 1.29 is 9.47 Å². The molecule has 1 aliphatic rings. The van der Waals surface area contributed by atoms with Gasteiger partial charge in [0.25, 0.3) is 0 Å². The Kier molecular flexibility index (Phi) is 3.49. The third-order valence-corrected chi connectivity index (χ3v) is 3.71. The zero-order valence-corrected chi connectivity index (χ0v) is 11.4. The van der Waals surface area contributed by atoms with E-state index in [4.69, 9.17) is 21.1 Å². The lowest BCUT2D eigenvalue weighted by molar-refractivity contribution is 0.174. The highest BCUT2D eigenvalue weighted by molar-refractivity contribution is 6.31. The van der Waals surface area contributed by atoms with Gasteiger partial charge in [0.1, 0.15) is 0 Å². The Morgan fingerprint density at radius 1 is 1.15 bits per heavy atom. The summed E-state index contributed by atoms with van der Waals surface area (Å²) >= 11 is 6.15. The fourth-order valence-corrected chi connectivity index (χ4v) is 2.46. The van der Waals surface area contributed by atoms with Gasteiger partial charge in [-0.2, -0.15) is 5.26 Å². The number of fused-ring (bicyclic) bond motifs is 1. The van der Waals surface area contributed by atoms with E-state index in [-0.39, 0.29) is 12.7 Å². The number of hydrogen-bond acceptors (Lipinski definition) is 3. The van der Waals surface area contributed by atoms with Crippen molar-refractivity contribution >= 4 is 11.6 Å². The lowest BCUT2D eigenvalue weighted by Gasteiger charge is -2.11. The van der Waals surface area contributed by atoms with Gasteiger partial charge >= 0.3 is 0 Å². The third kappa shape index (κ3) is 2.43. The molecule has 2 aromatic carbocycles. The van der Waals surface area contributed by atoms with E-state index in [2.05, 4.69) is 6.07 Å². The highest BCUT2D eigenvalue weighted by Gasteiger charge is 2.18. The normalized spacial score (nSPS) is 13.8. The minimum absolute atomic E-state index is 0.237. The largest absolute Gasteiger partial charge is 0.454 e. The number of halogens is 1.